The summed E-state index contributed by atoms with van der Waals surface area (Å²) in [6.45, 7) is 0. The lowest BCUT2D eigenvalue weighted by Gasteiger charge is -3.09. The molecular formula is C13H11N3O2. The first-order valence-corrected chi connectivity index (χ1v) is 6.54. The number of nitrogens with zero attached hydrogens (tertiary/aromatic N) is 2. The second-order valence-corrected chi connectivity index (χ2v) is 6.52. The first-order valence-electron chi connectivity index (χ1n) is 6.54. The average Bonchev–Trinajstić information content (AvgIpc) is 2.40. The lowest BCUT2D eigenvalue weighted by Crippen LogP contribution is -3.15. The maximum absolute atomic E-state index is 11.4. The first kappa shape index (κ1) is 8.45. The zero-order valence-electron chi connectivity index (χ0n) is 9.45. The summed E-state index contributed by atoms with van der Waals surface area (Å²) in [5.74, 6) is 3.35. The van der Waals surface area contributed by atoms with Crippen LogP contribution in [-0.4, -0.2) is 26.6 Å². The molecule has 0 amide bonds. The molecule has 0 radical (unpaired) electrons. The van der Waals surface area contributed by atoms with Crippen molar-refractivity contribution in [1.29, 1.82) is 0 Å². The topological polar surface area (TPSA) is 75.1 Å². The van der Waals surface area contributed by atoms with Crippen molar-refractivity contribution in [3.8, 4) is 0 Å². The summed E-state index contributed by atoms with van der Waals surface area (Å²) in [5, 5.41) is 12.9. The van der Waals surface area contributed by atoms with Gasteiger partial charge in [0.2, 0.25) is 5.95 Å². The molecule has 1 heterocycles. The molecule has 18 heavy (non-hydrogen) atoms. The van der Waals surface area contributed by atoms with E-state index in [1.54, 1.807) is 12.4 Å². The van der Waals surface area contributed by atoms with Gasteiger partial charge in [-0.05, 0) is 41.6 Å². The summed E-state index contributed by atoms with van der Waals surface area (Å²) < 4.78 is 0. The number of anilines is 1. The van der Waals surface area contributed by atoms with E-state index in [9.17, 15) is 9.90 Å². The summed E-state index contributed by atoms with van der Waals surface area (Å²) in [6.07, 6.45) is 3.49. The molecule has 6 aliphatic rings. The lowest BCUT2D eigenvalue weighted by atomic mass is 8.94. The van der Waals surface area contributed by atoms with E-state index in [0.717, 1.165) is 0 Å². The van der Waals surface area contributed by atoms with E-state index >= 15 is 0 Å². The minimum absolute atomic E-state index is 0.193. The molecule has 7 rings (SSSR count). The number of hydrogen-bond acceptors (Lipinski definition) is 4. The van der Waals surface area contributed by atoms with Crippen molar-refractivity contribution in [1.82, 2.24) is 9.97 Å². The van der Waals surface area contributed by atoms with Gasteiger partial charge in [0.25, 0.3) is 0 Å². The van der Waals surface area contributed by atoms with Crippen LogP contribution < -0.4 is 5.32 Å². The number of carboxylic acid groups (broad SMARTS) is 1. The lowest BCUT2D eigenvalue weighted by molar-refractivity contribution is -0.598. The van der Waals surface area contributed by atoms with Gasteiger partial charge in [-0.15, -0.1) is 0 Å². The van der Waals surface area contributed by atoms with E-state index in [0.29, 0.717) is 41.5 Å². The molecule has 6 saturated carbocycles. The van der Waals surface area contributed by atoms with Crippen LogP contribution in [0.25, 0.3) is 0 Å². The van der Waals surface area contributed by atoms with E-state index in [-0.39, 0.29) is 11.0 Å². The van der Waals surface area contributed by atoms with Crippen LogP contribution in [0.15, 0.2) is 18.5 Å². The van der Waals surface area contributed by atoms with Gasteiger partial charge in [0, 0.05) is 12.4 Å². The van der Waals surface area contributed by atoms with Crippen LogP contribution in [0.1, 0.15) is 0 Å². The fourth-order valence-corrected chi connectivity index (χ4v) is 6.76. The van der Waals surface area contributed by atoms with Gasteiger partial charge < -0.3 is 10.4 Å². The second kappa shape index (κ2) is 1.94. The largest absolute Gasteiger partial charge is 0.481 e. The van der Waals surface area contributed by atoms with Crippen molar-refractivity contribution in [3.63, 3.8) is 0 Å². The molecule has 0 atom stereocenters. The highest BCUT2D eigenvalue weighted by Crippen LogP contribution is 3.07. The smallest absolute Gasteiger partial charge is 0.310 e. The summed E-state index contributed by atoms with van der Waals surface area (Å²) in [6, 6.07) is 1.81. The van der Waals surface area contributed by atoms with Crippen LogP contribution in [0.2, 0.25) is 0 Å². The van der Waals surface area contributed by atoms with Crippen molar-refractivity contribution in [2.24, 2.45) is 40.9 Å². The van der Waals surface area contributed by atoms with Crippen LogP contribution in [0.5, 0.6) is 0 Å². The summed E-state index contributed by atoms with van der Waals surface area (Å²) >= 11 is 0. The number of nitrogens with one attached hydrogen (secondary N) is 1. The molecule has 0 spiro atoms. The Hall–Kier alpha value is -1.65. The van der Waals surface area contributed by atoms with Gasteiger partial charge in [0.15, 0.2) is 0 Å². The Morgan fingerprint density at radius 1 is 1.11 bits per heavy atom. The van der Waals surface area contributed by atoms with E-state index in [4.69, 9.17) is 0 Å². The number of rotatable bonds is 3. The van der Waals surface area contributed by atoms with Gasteiger partial charge in [0.1, 0.15) is 0 Å². The van der Waals surface area contributed by atoms with Gasteiger partial charge in [-0.2, -0.15) is 0 Å². The zero-order valence-corrected chi connectivity index (χ0v) is 9.45. The van der Waals surface area contributed by atoms with Crippen LogP contribution in [0.4, 0.5) is 5.95 Å². The molecule has 0 unspecified atom stereocenters. The SMILES string of the molecule is O=C(O)C12C3C4C1C1C2C3C41Nc1ncccn1. The highest BCUT2D eigenvalue weighted by Gasteiger charge is 3.12. The standard InChI is InChI=1S/C13H11N3O2/c17-10(18)12-4-7-5(12)9-6(12)8(4)13(7,9)16-11-14-2-1-3-15-11/h1-9H,(H,17,18)(H,14,15,16). The normalized spacial score (nSPS) is 62.2. The number of hydrogen-bond donors (Lipinski definition) is 2. The zero-order chi connectivity index (χ0) is 11.9. The third-order valence-electron chi connectivity index (χ3n) is 6.90. The van der Waals surface area contributed by atoms with Gasteiger partial charge in [-0.3, -0.25) is 4.79 Å². The summed E-state index contributed by atoms with van der Waals surface area (Å²) in [4.78, 5) is 19.9. The van der Waals surface area contributed by atoms with Crippen LogP contribution in [-0.2, 0) is 4.79 Å². The van der Waals surface area contributed by atoms with Crippen LogP contribution in [0, 0.1) is 40.9 Å². The van der Waals surface area contributed by atoms with E-state index in [1.165, 1.54) is 0 Å². The van der Waals surface area contributed by atoms with Crippen molar-refractivity contribution >= 4 is 11.9 Å². The fourth-order valence-electron chi connectivity index (χ4n) is 6.76. The Labute approximate surface area is 103 Å². The van der Waals surface area contributed by atoms with Gasteiger partial charge in [-0.1, -0.05) is 0 Å². The maximum atomic E-state index is 11.4. The summed E-state index contributed by atoms with van der Waals surface area (Å²) in [7, 11) is 0. The number of carbonyl (C=O) groups is 1. The molecule has 90 valence electrons. The van der Waals surface area contributed by atoms with E-state index in [1.807, 2.05) is 6.07 Å². The third-order valence-corrected chi connectivity index (χ3v) is 6.90. The number of carboxylic acids is 1. The van der Waals surface area contributed by atoms with Crippen molar-refractivity contribution < 1.29 is 9.90 Å². The predicted molar refractivity (Wildman–Crippen MR) is 59.4 cm³/mol. The van der Waals surface area contributed by atoms with E-state index < -0.39 is 5.97 Å². The Morgan fingerprint density at radius 3 is 2.17 bits per heavy atom. The molecule has 0 saturated heterocycles. The molecule has 0 aromatic carbocycles. The fraction of sp³-hybridized carbons (Fsp3) is 0.615. The van der Waals surface area contributed by atoms with Crippen molar-refractivity contribution in [2.75, 3.05) is 5.32 Å². The molecule has 1 aromatic rings. The Kier molecular flexibility index (Phi) is 0.912. The molecule has 6 fully saturated rings. The molecule has 5 nitrogen and oxygen atoms in total. The molecule has 0 aliphatic heterocycles. The Morgan fingerprint density at radius 2 is 1.67 bits per heavy atom. The highest BCUT2D eigenvalue weighted by molar-refractivity contribution is 5.88. The number of aromatic nitrogens is 2. The van der Waals surface area contributed by atoms with Crippen LogP contribution >= 0.6 is 0 Å². The van der Waals surface area contributed by atoms with Gasteiger partial charge in [0.05, 0.1) is 11.0 Å². The Bertz CT molecular complexity index is 575. The Balaban J connectivity index is 1.36. The summed E-state index contributed by atoms with van der Waals surface area (Å²) in [5.41, 5.74) is -0.0838. The molecule has 0 bridgehead atoms. The van der Waals surface area contributed by atoms with Gasteiger partial charge in [-0.25, -0.2) is 9.97 Å². The maximum Gasteiger partial charge on any atom is 0.310 e. The third kappa shape index (κ3) is 0.427. The highest BCUT2D eigenvalue weighted by atomic mass is 16.4. The molecule has 1 aromatic heterocycles. The average molecular weight is 241 g/mol. The van der Waals surface area contributed by atoms with Crippen molar-refractivity contribution in [3.05, 3.63) is 18.5 Å². The quantitative estimate of drug-likeness (QED) is 0.804. The second-order valence-electron chi connectivity index (χ2n) is 6.52. The van der Waals surface area contributed by atoms with Gasteiger partial charge >= 0.3 is 5.97 Å². The van der Waals surface area contributed by atoms with Crippen molar-refractivity contribution in [2.45, 2.75) is 5.54 Å². The molecule has 6 aliphatic carbocycles. The van der Waals surface area contributed by atoms with E-state index in [2.05, 4.69) is 15.3 Å². The monoisotopic (exact) mass is 241 g/mol. The minimum Gasteiger partial charge on any atom is -0.481 e. The first-order chi connectivity index (χ1) is 8.75. The minimum atomic E-state index is -0.532. The number of aliphatic carboxylic acids is 1. The molecule has 5 heteroatoms. The van der Waals surface area contributed by atoms with Crippen LogP contribution in [0.3, 0.4) is 0 Å². The molecule has 2 N–H and O–H groups in total. The molecular weight excluding hydrogens is 230 g/mol. The predicted octanol–water partition coefficient (Wildman–Crippen LogP) is 0.463.